The van der Waals surface area contributed by atoms with Crippen molar-refractivity contribution in [1.82, 2.24) is 0 Å². The molecule has 7 heteroatoms. The zero-order chi connectivity index (χ0) is 23.7. The van der Waals surface area contributed by atoms with Crippen molar-refractivity contribution < 1.29 is 33.0 Å². The van der Waals surface area contributed by atoms with E-state index in [4.69, 9.17) is 18.6 Å². The normalized spacial score (nSPS) is 15.3. The second-order valence-corrected chi connectivity index (χ2v) is 8.59. The summed E-state index contributed by atoms with van der Waals surface area (Å²) in [7, 11) is 0. The molecule has 0 amide bonds. The molecule has 1 aromatic rings. The summed E-state index contributed by atoms with van der Waals surface area (Å²) in [5.41, 5.74) is 3.46. The minimum absolute atomic E-state index is 0.118. The van der Waals surface area contributed by atoms with Crippen LogP contribution in [0.15, 0.2) is 45.8 Å². The standard InChI is InChI=1S/C25H32O7/c1-17(2)11-21-12-19(16-30-21)8-6-7-18(3)9-10-29-23(27)14-20(26)13-22-15-24(28)32-25(4,5)31-22/h9,11-12,15-16H,6-8,10,13-14H2,1-5H3/b18-9+. The number of cyclic esters (lactones) is 1. The average Bonchev–Trinajstić information content (AvgIpc) is 3.06. The highest BCUT2D eigenvalue weighted by atomic mass is 16.7. The van der Waals surface area contributed by atoms with E-state index in [9.17, 15) is 14.4 Å². The predicted octanol–water partition coefficient (Wildman–Crippen LogP) is 5.06. The zero-order valence-electron chi connectivity index (χ0n) is 19.5. The van der Waals surface area contributed by atoms with Gasteiger partial charge in [0.05, 0.1) is 18.8 Å². The van der Waals surface area contributed by atoms with Gasteiger partial charge in [0.15, 0.2) is 5.78 Å². The first kappa shape index (κ1) is 25.2. The van der Waals surface area contributed by atoms with Crippen molar-refractivity contribution >= 4 is 23.8 Å². The number of rotatable bonds is 11. The van der Waals surface area contributed by atoms with E-state index in [1.807, 2.05) is 39.0 Å². The highest BCUT2D eigenvalue weighted by Crippen LogP contribution is 2.24. The number of hydrogen-bond acceptors (Lipinski definition) is 7. The minimum Gasteiger partial charge on any atom is -0.465 e. The van der Waals surface area contributed by atoms with Crippen LogP contribution in [0.3, 0.4) is 0 Å². The smallest absolute Gasteiger partial charge is 0.337 e. The Balaban J connectivity index is 1.66. The molecule has 0 fully saturated rings. The summed E-state index contributed by atoms with van der Waals surface area (Å²) in [5, 5.41) is 0. The number of furan rings is 1. The van der Waals surface area contributed by atoms with Crippen molar-refractivity contribution in [2.24, 2.45) is 0 Å². The van der Waals surface area contributed by atoms with Crippen molar-refractivity contribution in [2.45, 2.75) is 72.5 Å². The predicted molar refractivity (Wildman–Crippen MR) is 119 cm³/mol. The molecular formula is C25H32O7. The van der Waals surface area contributed by atoms with E-state index >= 15 is 0 Å². The largest absolute Gasteiger partial charge is 0.465 e. The molecule has 0 spiro atoms. The fourth-order valence-electron chi connectivity index (χ4n) is 3.16. The van der Waals surface area contributed by atoms with Gasteiger partial charge >= 0.3 is 11.9 Å². The van der Waals surface area contributed by atoms with Gasteiger partial charge < -0.3 is 18.6 Å². The molecule has 0 aromatic carbocycles. The van der Waals surface area contributed by atoms with Gasteiger partial charge in [-0.15, -0.1) is 0 Å². The molecule has 1 aliphatic rings. The zero-order valence-corrected chi connectivity index (χ0v) is 19.5. The lowest BCUT2D eigenvalue weighted by atomic mass is 10.1. The third-order valence-corrected chi connectivity index (χ3v) is 4.53. The van der Waals surface area contributed by atoms with Gasteiger partial charge in [-0.2, -0.15) is 0 Å². The molecule has 0 atom stereocenters. The number of carbonyl (C=O) groups excluding carboxylic acids is 3. The van der Waals surface area contributed by atoms with Crippen LogP contribution in [0.2, 0.25) is 0 Å². The van der Waals surface area contributed by atoms with Crippen molar-refractivity contribution in [2.75, 3.05) is 6.61 Å². The maximum Gasteiger partial charge on any atom is 0.337 e. The van der Waals surface area contributed by atoms with Crippen molar-refractivity contribution in [1.29, 1.82) is 0 Å². The first-order chi connectivity index (χ1) is 15.0. The lowest BCUT2D eigenvalue weighted by Gasteiger charge is -2.30. The van der Waals surface area contributed by atoms with Crippen LogP contribution in [-0.4, -0.2) is 30.1 Å². The van der Waals surface area contributed by atoms with Crippen LogP contribution in [0.1, 0.15) is 71.6 Å². The van der Waals surface area contributed by atoms with E-state index in [1.54, 1.807) is 20.1 Å². The molecule has 0 radical (unpaired) electrons. The van der Waals surface area contributed by atoms with Gasteiger partial charge in [0, 0.05) is 13.8 Å². The number of Topliss-reactive ketones (excluding diaryl/α,β-unsaturated/α-hetero) is 1. The maximum atomic E-state index is 12.1. The van der Waals surface area contributed by atoms with Crippen LogP contribution in [0.4, 0.5) is 0 Å². The number of carbonyl (C=O) groups is 3. The number of esters is 2. The van der Waals surface area contributed by atoms with Gasteiger partial charge in [-0.1, -0.05) is 11.1 Å². The summed E-state index contributed by atoms with van der Waals surface area (Å²) in [4.78, 5) is 35.5. The van der Waals surface area contributed by atoms with Gasteiger partial charge in [0.25, 0.3) is 0 Å². The van der Waals surface area contributed by atoms with Crippen LogP contribution in [0.25, 0.3) is 6.08 Å². The van der Waals surface area contributed by atoms with Crippen molar-refractivity contribution in [3.8, 4) is 0 Å². The van der Waals surface area contributed by atoms with Crippen LogP contribution in [-0.2, 0) is 35.0 Å². The van der Waals surface area contributed by atoms with Crippen LogP contribution in [0.5, 0.6) is 0 Å². The molecule has 1 aliphatic heterocycles. The van der Waals surface area contributed by atoms with E-state index in [0.717, 1.165) is 42.2 Å². The van der Waals surface area contributed by atoms with E-state index in [0.29, 0.717) is 0 Å². The summed E-state index contributed by atoms with van der Waals surface area (Å²) in [6.07, 6.45) is 8.94. The average molecular weight is 445 g/mol. The molecular weight excluding hydrogens is 412 g/mol. The summed E-state index contributed by atoms with van der Waals surface area (Å²) in [5.74, 6) is -1.65. The summed E-state index contributed by atoms with van der Waals surface area (Å²) >= 11 is 0. The third kappa shape index (κ3) is 9.37. The molecule has 32 heavy (non-hydrogen) atoms. The highest BCUT2D eigenvalue weighted by Gasteiger charge is 2.31. The second kappa shape index (κ2) is 11.5. The molecule has 7 nitrogen and oxygen atoms in total. The molecule has 174 valence electrons. The number of ether oxygens (including phenoxy) is 3. The Bertz CT molecular complexity index is 924. The second-order valence-electron chi connectivity index (χ2n) is 8.59. The molecule has 2 rings (SSSR count). The Hall–Kier alpha value is -3.09. The van der Waals surface area contributed by atoms with E-state index in [-0.39, 0.29) is 31.0 Å². The van der Waals surface area contributed by atoms with Gasteiger partial charge in [-0.25, -0.2) is 4.79 Å². The number of hydrogen-bond donors (Lipinski definition) is 0. The van der Waals surface area contributed by atoms with Crippen LogP contribution >= 0.6 is 0 Å². The van der Waals surface area contributed by atoms with Crippen molar-refractivity contribution in [3.63, 3.8) is 0 Å². The summed E-state index contributed by atoms with van der Waals surface area (Å²) in [6, 6.07) is 2.04. The SMILES string of the molecule is CC(C)=Cc1cc(CCC/C(C)=C/COC(=O)CC(=O)CC2=CC(=O)OC(C)(C)O2)co1. The highest BCUT2D eigenvalue weighted by molar-refractivity contribution is 5.97. The molecule has 0 unspecified atom stereocenters. The molecule has 0 bridgehead atoms. The van der Waals surface area contributed by atoms with E-state index < -0.39 is 17.7 Å². The Morgan fingerprint density at radius 3 is 2.59 bits per heavy atom. The number of ketones is 1. The molecule has 1 aromatic heterocycles. The lowest BCUT2D eigenvalue weighted by molar-refractivity contribution is -0.205. The van der Waals surface area contributed by atoms with Gasteiger partial charge in [0.2, 0.25) is 5.79 Å². The first-order valence-electron chi connectivity index (χ1n) is 10.7. The molecule has 0 saturated heterocycles. The lowest BCUT2D eigenvalue weighted by Crippen LogP contribution is -2.34. The summed E-state index contributed by atoms with van der Waals surface area (Å²) in [6.45, 7) is 9.30. The van der Waals surface area contributed by atoms with Crippen LogP contribution < -0.4 is 0 Å². The van der Waals surface area contributed by atoms with Crippen LogP contribution in [0, 0.1) is 0 Å². The maximum absolute atomic E-state index is 12.1. The Kier molecular flexibility index (Phi) is 9.05. The molecule has 0 aliphatic carbocycles. The monoisotopic (exact) mass is 444 g/mol. The molecule has 2 heterocycles. The van der Waals surface area contributed by atoms with Gasteiger partial charge in [-0.3, -0.25) is 9.59 Å². The topological polar surface area (TPSA) is 92.0 Å². The fraction of sp³-hybridized carbons (Fsp3) is 0.480. The first-order valence-corrected chi connectivity index (χ1v) is 10.7. The van der Waals surface area contributed by atoms with Crippen molar-refractivity contribution in [3.05, 3.63) is 52.7 Å². The third-order valence-electron chi connectivity index (χ3n) is 4.53. The summed E-state index contributed by atoms with van der Waals surface area (Å²) < 4.78 is 21.0. The number of allylic oxidation sites excluding steroid dienone is 3. The Morgan fingerprint density at radius 1 is 1.16 bits per heavy atom. The van der Waals surface area contributed by atoms with Gasteiger partial charge in [-0.05, 0) is 63.8 Å². The minimum atomic E-state index is -1.13. The van der Waals surface area contributed by atoms with E-state index in [2.05, 4.69) is 0 Å². The van der Waals surface area contributed by atoms with E-state index in [1.165, 1.54) is 5.57 Å². The fourth-order valence-corrected chi connectivity index (χ4v) is 3.16. The number of aryl methyl sites for hydroxylation is 1. The van der Waals surface area contributed by atoms with Gasteiger partial charge in [0.1, 0.15) is 24.5 Å². The Morgan fingerprint density at radius 2 is 1.91 bits per heavy atom. The molecule has 0 N–H and O–H groups in total. The Labute approximate surface area is 189 Å². The molecule has 0 saturated carbocycles. The quantitative estimate of drug-likeness (QED) is 0.268.